The molecule has 92 valence electrons. The van der Waals surface area contributed by atoms with E-state index >= 15 is 0 Å². The summed E-state index contributed by atoms with van der Waals surface area (Å²) in [4.78, 5) is 0. The molecule has 2 aliphatic carbocycles. The molecule has 0 heterocycles. The van der Waals surface area contributed by atoms with Crippen LogP contribution in [-0.2, 0) is 5.60 Å². The minimum atomic E-state index is -0.597. The van der Waals surface area contributed by atoms with Crippen LogP contribution in [0.15, 0.2) is 24.3 Å². The Hall–Kier alpha value is -0.530. The molecule has 2 aliphatic rings. The van der Waals surface area contributed by atoms with Gasteiger partial charge in [-0.15, -0.1) is 0 Å². The summed E-state index contributed by atoms with van der Waals surface area (Å²) in [7, 11) is 0. The summed E-state index contributed by atoms with van der Waals surface area (Å²) < 4.78 is 0. The first-order valence-electron chi connectivity index (χ1n) is 6.53. The van der Waals surface area contributed by atoms with Gasteiger partial charge in [0.1, 0.15) is 0 Å². The first-order valence-corrected chi connectivity index (χ1v) is 6.91. The molecule has 2 heteroatoms. The van der Waals surface area contributed by atoms with E-state index in [1.807, 2.05) is 24.3 Å². The molecule has 0 amide bonds. The first-order chi connectivity index (χ1) is 8.05. The van der Waals surface area contributed by atoms with Gasteiger partial charge in [-0.05, 0) is 48.3 Å². The van der Waals surface area contributed by atoms with Crippen LogP contribution in [0.1, 0.15) is 44.6 Å². The summed E-state index contributed by atoms with van der Waals surface area (Å²) in [6.45, 7) is 2.33. The smallest absolute Gasteiger partial charge is 0.0935 e. The average Bonchev–Trinajstić information content (AvgIpc) is 2.28. The van der Waals surface area contributed by atoms with Gasteiger partial charge in [-0.1, -0.05) is 43.5 Å². The van der Waals surface area contributed by atoms with Crippen molar-refractivity contribution in [1.29, 1.82) is 0 Å². The van der Waals surface area contributed by atoms with Crippen LogP contribution < -0.4 is 0 Å². The van der Waals surface area contributed by atoms with Crippen LogP contribution >= 0.6 is 11.6 Å². The Balaban J connectivity index is 1.91. The van der Waals surface area contributed by atoms with Gasteiger partial charge in [0.05, 0.1) is 5.60 Å². The lowest BCUT2D eigenvalue weighted by molar-refractivity contribution is -0.212. The SMILES string of the molecule is C[C@@]12CCCC[C@@H]1[C@@](O)(c1ccc(Cl)cc1)C2. The third kappa shape index (κ3) is 1.63. The second-order valence-corrected chi connectivity index (χ2v) is 6.50. The van der Waals surface area contributed by atoms with Crippen LogP contribution in [0, 0.1) is 11.3 Å². The Morgan fingerprint density at radius 3 is 2.59 bits per heavy atom. The fraction of sp³-hybridized carbons (Fsp3) is 0.600. The molecule has 0 radical (unpaired) electrons. The van der Waals surface area contributed by atoms with Gasteiger partial charge in [0.2, 0.25) is 0 Å². The topological polar surface area (TPSA) is 20.2 Å². The standard InChI is InChI=1S/C15H19ClO/c1-14-9-3-2-4-13(14)15(17,10-14)11-5-7-12(16)8-6-11/h5-8,13,17H,2-4,9-10H2,1H3/t13-,14-,15-/m0/s1. The number of benzene rings is 1. The number of rotatable bonds is 1. The molecule has 0 aromatic heterocycles. The maximum atomic E-state index is 10.9. The lowest BCUT2D eigenvalue weighted by Gasteiger charge is -2.61. The second kappa shape index (κ2) is 3.73. The Labute approximate surface area is 108 Å². The maximum absolute atomic E-state index is 10.9. The van der Waals surface area contributed by atoms with Crippen molar-refractivity contribution in [3.8, 4) is 0 Å². The van der Waals surface area contributed by atoms with Crippen molar-refractivity contribution < 1.29 is 5.11 Å². The molecule has 2 fully saturated rings. The highest BCUT2D eigenvalue weighted by molar-refractivity contribution is 6.30. The Kier molecular flexibility index (Phi) is 2.53. The summed E-state index contributed by atoms with van der Waals surface area (Å²) >= 11 is 5.91. The highest BCUT2D eigenvalue weighted by atomic mass is 35.5. The molecule has 1 nitrogen and oxygen atoms in total. The fourth-order valence-electron chi connectivity index (χ4n) is 4.08. The van der Waals surface area contributed by atoms with Crippen LogP contribution in [0.3, 0.4) is 0 Å². The monoisotopic (exact) mass is 250 g/mol. The van der Waals surface area contributed by atoms with Gasteiger partial charge in [-0.2, -0.15) is 0 Å². The van der Waals surface area contributed by atoms with E-state index < -0.39 is 5.60 Å². The predicted octanol–water partition coefficient (Wildman–Crippen LogP) is 4.13. The Bertz CT molecular complexity index is 427. The maximum Gasteiger partial charge on any atom is 0.0935 e. The molecular weight excluding hydrogens is 232 g/mol. The van der Waals surface area contributed by atoms with Crippen molar-refractivity contribution in [3.63, 3.8) is 0 Å². The van der Waals surface area contributed by atoms with Crippen molar-refractivity contribution in [2.24, 2.45) is 11.3 Å². The summed E-state index contributed by atoms with van der Waals surface area (Å²) in [5, 5.41) is 11.6. The largest absolute Gasteiger partial charge is 0.385 e. The average molecular weight is 251 g/mol. The molecule has 2 saturated carbocycles. The van der Waals surface area contributed by atoms with Crippen LogP contribution in [0.2, 0.25) is 5.02 Å². The summed E-state index contributed by atoms with van der Waals surface area (Å²) in [5.74, 6) is 0.435. The van der Waals surface area contributed by atoms with Crippen molar-refractivity contribution in [1.82, 2.24) is 0 Å². The van der Waals surface area contributed by atoms with Gasteiger partial charge in [-0.3, -0.25) is 0 Å². The van der Waals surface area contributed by atoms with E-state index in [1.54, 1.807) is 0 Å². The first kappa shape index (κ1) is 11.6. The fourth-order valence-corrected chi connectivity index (χ4v) is 4.20. The molecule has 3 rings (SSSR count). The van der Waals surface area contributed by atoms with E-state index in [-0.39, 0.29) is 0 Å². The molecule has 3 atom stereocenters. The van der Waals surface area contributed by atoms with Crippen molar-refractivity contribution in [2.75, 3.05) is 0 Å². The zero-order valence-electron chi connectivity index (χ0n) is 10.2. The molecule has 1 N–H and O–H groups in total. The van der Waals surface area contributed by atoms with Crippen LogP contribution in [0.5, 0.6) is 0 Å². The third-order valence-corrected chi connectivity index (χ3v) is 5.18. The molecule has 0 unspecified atom stereocenters. The highest BCUT2D eigenvalue weighted by Gasteiger charge is 2.60. The van der Waals surface area contributed by atoms with Gasteiger partial charge in [-0.25, -0.2) is 0 Å². The van der Waals surface area contributed by atoms with Crippen LogP contribution in [0.4, 0.5) is 0 Å². The molecular formula is C15H19ClO. The van der Waals surface area contributed by atoms with Gasteiger partial charge in [0.25, 0.3) is 0 Å². The summed E-state index contributed by atoms with van der Waals surface area (Å²) in [5.41, 5.74) is 0.818. The minimum Gasteiger partial charge on any atom is -0.385 e. The van der Waals surface area contributed by atoms with Crippen LogP contribution in [0.25, 0.3) is 0 Å². The molecule has 0 saturated heterocycles. The number of hydrogen-bond acceptors (Lipinski definition) is 1. The van der Waals surface area contributed by atoms with E-state index in [1.165, 1.54) is 19.3 Å². The number of halogens is 1. The number of fused-ring (bicyclic) bond motifs is 1. The summed E-state index contributed by atoms with van der Waals surface area (Å²) in [6, 6.07) is 7.73. The molecule has 1 aromatic rings. The molecule has 17 heavy (non-hydrogen) atoms. The van der Waals surface area contributed by atoms with Gasteiger partial charge < -0.3 is 5.11 Å². The van der Waals surface area contributed by atoms with E-state index in [4.69, 9.17) is 11.6 Å². The molecule has 0 spiro atoms. The lowest BCUT2D eigenvalue weighted by atomic mass is 9.45. The lowest BCUT2D eigenvalue weighted by Crippen LogP contribution is -2.59. The normalized spacial score (nSPS) is 40.5. The van der Waals surface area contributed by atoms with Crippen molar-refractivity contribution in [2.45, 2.75) is 44.6 Å². The third-order valence-electron chi connectivity index (χ3n) is 4.93. The van der Waals surface area contributed by atoms with Gasteiger partial charge >= 0.3 is 0 Å². The zero-order chi connectivity index (χ0) is 12.1. The van der Waals surface area contributed by atoms with E-state index in [0.717, 1.165) is 23.4 Å². The number of hydrogen-bond donors (Lipinski definition) is 1. The highest BCUT2D eigenvalue weighted by Crippen LogP contribution is 2.64. The molecule has 0 aliphatic heterocycles. The Morgan fingerprint density at radius 1 is 1.24 bits per heavy atom. The van der Waals surface area contributed by atoms with E-state index in [9.17, 15) is 5.11 Å². The van der Waals surface area contributed by atoms with E-state index in [0.29, 0.717) is 11.3 Å². The zero-order valence-corrected chi connectivity index (χ0v) is 11.0. The quantitative estimate of drug-likeness (QED) is 0.795. The molecule has 0 bridgehead atoms. The van der Waals surface area contributed by atoms with Crippen LogP contribution in [-0.4, -0.2) is 5.11 Å². The predicted molar refractivity (Wildman–Crippen MR) is 70.0 cm³/mol. The minimum absolute atomic E-state index is 0.368. The second-order valence-electron chi connectivity index (χ2n) is 6.06. The summed E-state index contributed by atoms with van der Waals surface area (Å²) in [6.07, 6.45) is 5.93. The number of aliphatic hydroxyl groups is 1. The van der Waals surface area contributed by atoms with Gasteiger partial charge in [0.15, 0.2) is 0 Å². The van der Waals surface area contributed by atoms with E-state index in [2.05, 4.69) is 6.92 Å². The van der Waals surface area contributed by atoms with Crippen molar-refractivity contribution >= 4 is 11.6 Å². The van der Waals surface area contributed by atoms with Gasteiger partial charge in [0, 0.05) is 5.02 Å². The van der Waals surface area contributed by atoms with Crippen molar-refractivity contribution in [3.05, 3.63) is 34.9 Å². The molecule has 1 aromatic carbocycles. The Morgan fingerprint density at radius 2 is 1.94 bits per heavy atom.